The van der Waals surface area contributed by atoms with Crippen LogP contribution in [0.15, 0.2) is 29.0 Å². The van der Waals surface area contributed by atoms with E-state index in [0.717, 1.165) is 0 Å². The Kier molecular flexibility index (Phi) is 3.82. The molecule has 2 aromatic heterocycles. The molecule has 0 amide bonds. The Morgan fingerprint density at radius 3 is 2.56 bits per heavy atom. The second kappa shape index (κ2) is 5.15. The van der Waals surface area contributed by atoms with Crippen molar-refractivity contribution in [3.05, 3.63) is 44.3 Å². The van der Waals surface area contributed by atoms with Crippen molar-refractivity contribution in [3.8, 4) is 0 Å². The van der Waals surface area contributed by atoms with Gasteiger partial charge in [-0.1, -0.05) is 26.8 Å². The Morgan fingerprint density at radius 2 is 2.00 bits per heavy atom. The molecule has 1 atom stereocenters. The zero-order valence-electron chi connectivity index (χ0n) is 10.1. The Hall–Kier alpha value is -0.600. The smallest absolute Gasteiger partial charge is 0.00770 e. The minimum absolute atomic E-state index is 0.652. The molecule has 0 fully saturated rings. The van der Waals surface area contributed by atoms with Gasteiger partial charge < -0.3 is 0 Å². The predicted octanol–water partition coefficient (Wildman–Crippen LogP) is 5.28. The molecule has 2 heterocycles. The number of hydrogen-bond donors (Lipinski definition) is 0. The zero-order valence-corrected chi connectivity index (χ0v) is 11.7. The third-order valence-corrected chi connectivity index (χ3v) is 4.96. The van der Waals surface area contributed by atoms with E-state index in [2.05, 4.69) is 49.7 Å². The lowest BCUT2D eigenvalue weighted by Gasteiger charge is -2.07. The van der Waals surface area contributed by atoms with Crippen molar-refractivity contribution in [2.75, 3.05) is 0 Å². The topological polar surface area (TPSA) is 0 Å². The van der Waals surface area contributed by atoms with Gasteiger partial charge in [0, 0.05) is 9.75 Å². The molecular weight excluding hydrogens is 232 g/mol. The standard InChI is InChI=1S/C14H18S2/c1-10(2)12-8-13(16-9-12)7-11(3)14-5-4-6-15-14/h4-6,8-11H,7H2,1-3H3. The fraction of sp³-hybridized carbons (Fsp3) is 0.429. The van der Waals surface area contributed by atoms with Gasteiger partial charge in [0.15, 0.2) is 0 Å². The maximum atomic E-state index is 2.37. The minimum atomic E-state index is 0.652. The molecule has 0 aliphatic heterocycles. The van der Waals surface area contributed by atoms with Crippen LogP contribution in [0.25, 0.3) is 0 Å². The minimum Gasteiger partial charge on any atom is -0.149 e. The van der Waals surface area contributed by atoms with Crippen LogP contribution in [0.2, 0.25) is 0 Å². The second-order valence-electron chi connectivity index (χ2n) is 4.62. The molecule has 0 saturated heterocycles. The summed E-state index contributed by atoms with van der Waals surface area (Å²) in [5.41, 5.74) is 1.48. The van der Waals surface area contributed by atoms with Gasteiger partial charge in [-0.2, -0.15) is 0 Å². The average molecular weight is 250 g/mol. The van der Waals surface area contributed by atoms with E-state index >= 15 is 0 Å². The van der Waals surface area contributed by atoms with Gasteiger partial charge in [0.1, 0.15) is 0 Å². The van der Waals surface area contributed by atoms with Crippen molar-refractivity contribution in [1.82, 2.24) is 0 Å². The summed E-state index contributed by atoms with van der Waals surface area (Å²) in [5.74, 6) is 1.31. The lowest BCUT2D eigenvalue weighted by Crippen LogP contribution is -1.93. The number of hydrogen-bond acceptors (Lipinski definition) is 2. The maximum Gasteiger partial charge on any atom is 0.00770 e. The Labute approximate surface area is 106 Å². The molecule has 0 bridgehead atoms. The summed E-state index contributed by atoms with van der Waals surface area (Å²) in [7, 11) is 0. The van der Waals surface area contributed by atoms with Crippen LogP contribution in [-0.4, -0.2) is 0 Å². The summed E-state index contributed by atoms with van der Waals surface area (Å²) >= 11 is 3.78. The highest BCUT2D eigenvalue weighted by Crippen LogP contribution is 2.29. The summed E-state index contributed by atoms with van der Waals surface area (Å²) < 4.78 is 0. The summed E-state index contributed by atoms with van der Waals surface area (Å²) in [4.78, 5) is 3.02. The maximum absolute atomic E-state index is 2.37. The van der Waals surface area contributed by atoms with E-state index < -0.39 is 0 Å². The van der Waals surface area contributed by atoms with E-state index in [9.17, 15) is 0 Å². The Balaban J connectivity index is 2.03. The molecule has 2 aromatic rings. The van der Waals surface area contributed by atoms with Crippen molar-refractivity contribution in [2.45, 2.75) is 39.0 Å². The van der Waals surface area contributed by atoms with Crippen molar-refractivity contribution < 1.29 is 0 Å². The highest BCUT2D eigenvalue weighted by atomic mass is 32.1. The van der Waals surface area contributed by atoms with Crippen LogP contribution in [0.4, 0.5) is 0 Å². The second-order valence-corrected chi connectivity index (χ2v) is 6.60. The lowest BCUT2D eigenvalue weighted by molar-refractivity contribution is 0.782. The first-order valence-corrected chi connectivity index (χ1v) is 7.53. The van der Waals surface area contributed by atoms with Crippen LogP contribution in [0.5, 0.6) is 0 Å². The summed E-state index contributed by atoms with van der Waals surface area (Å²) in [5, 5.41) is 4.47. The third kappa shape index (κ3) is 2.74. The van der Waals surface area contributed by atoms with Crippen LogP contribution in [0.1, 0.15) is 47.9 Å². The van der Waals surface area contributed by atoms with Gasteiger partial charge in [0.25, 0.3) is 0 Å². The molecule has 0 radical (unpaired) electrons. The van der Waals surface area contributed by atoms with Gasteiger partial charge in [-0.15, -0.1) is 22.7 Å². The normalized spacial score (nSPS) is 13.2. The number of rotatable bonds is 4. The Bertz CT molecular complexity index is 423. The molecule has 86 valence electrons. The predicted molar refractivity (Wildman–Crippen MR) is 74.8 cm³/mol. The molecule has 0 spiro atoms. The molecule has 2 heteroatoms. The molecule has 0 aromatic carbocycles. The molecule has 16 heavy (non-hydrogen) atoms. The molecule has 0 aliphatic rings. The van der Waals surface area contributed by atoms with E-state index in [1.165, 1.54) is 21.7 Å². The van der Waals surface area contributed by atoms with Gasteiger partial charge in [-0.3, -0.25) is 0 Å². The van der Waals surface area contributed by atoms with Crippen molar-refractivity contribution in [1.29, 1.82) is 0 Å². The van der Waals surface area contributed by atoms with Gasteiger partial charge in [0.2, 0.25) is 0 Å². The zero-order chi connectivity index (χ0) is 11.5. The molecule has 0 nitrogen and oxygen atoms in total. The van der Waals surface area contributed by atoms with Crippen molar-refractivity contribution >= 4 is 22.7 Å². The highest BCUT2D eigenvalue weighted by Gasteiger charge is 2.10. The quantitative estimate of drug-likeness (QED) is 0.692. The van der Waals surface area contributed by atoms with E-state index in [1.54, 1.807) is 0 Å². The van der Waals surface area contributed by atoms with Crippen LogP contribution in [0, 0.1) is 0 Å². The summed E-state index contributed by atoms with van der Waals surface area (Å²) in [6.45, 7) is 6.84. The van der Waals surface area contributed by atoms with Crippen molar-refractivity contribution in [3.63, 3.8) is 0 Å². The Morgan fingerprint density at radius 1 is 1.19 bits per heavy atom. The molecule has 1 unspecified atom stereocenters. The average Bonchev–Trinajstić information content (AvgIpc) is 2.87. The van der Waals surface area contributed by atoms with Gasteiger partial charge in [0.05, 0.1) is 0 Å². The fourth-order valence-corrected chi connectivity index (χ4v) is 3.75. The van der Waals surface area contributed by atoms with Crippen LogP contribution in [0.3, 0.4) is 0 Å². The first-order valence-electron chi connectivity index (χ1n) is 5.77. The van der Waals surface area contributed by atoms with E-state index in [0.29, 0.717) is 11.8 Å². The van der Waals surface area contributed by atoms with E-state index in [1.807, 2.05) is 22.7 Å². The van der Waals surface area contributed by atoms with Gasteiger partial charge in [-0.25, -0.2) is 0 Å². The first-order chi connectivity index (χ1) is 7.66. The van der Waals surface area contributed by atoms with Crippen LogP contribution >= 0.6 is 22.7 Å². The number of thiophene rings is 2. The van der Waals surface area contributed by atoms with Gasteiger partial charge >= 0.3 is 0 Å². The van der Waals surface area contributed by atoms with Crippen LogP contribution < -0.4 is 0 Å². The SMILES string of the molecule is CC(C)c1csc(CC(C)c2cccs2)c1. The molecule has 0 N–H and O–H groups in total. The lowest BCUT2D eigenvalue weighted by atomic mass is 10.0. The monoisotopic (exact) mass is 250 g/mol. The van der Waals surface area contributed by atoms with Crippen molar-refractivity contribution in [2.24, 2.45) is 0 Å². The highest BCUT2D eigenvalue weighted by molar-refractivity contribution is 7.10. The fourth-order valence-electron chi connectivity index (χ4n) is 1.78. The van der Waals surface area contributed by atoms with Crippen LogP contribution in [-0.2, 0) is 6.42 Å². The molecule has 0 saturated carbocycles. The summed E-state index contributed by atoms with van der Waals surface area (Å²) in [6.07, 6.45) is 1.18. The first kappa shape index (κ1) is 11.9. The van der Waals surface area contributed by atoms with Gasteiger partial charge in [-0.05, 0) is 46.7 Å². The molecule has 2 rings (SSSR count). The summed E-state index contributed by atoms with van der Waals surface area (Å²) in [6, 6.07) is 6.76. The molecular formula is C14H18S2. The van der Waals surface area contributed by atoms with E-state index in [-0.39, 0.29) is 0 Å². The van der Waals surface area contributed by atoms with E-state index in [4.69, 9.17) is 0 Å². The molecule has 0 aliphatic carbocycles. The largest absolute Gasteiger partial charge is 0.149 e. The third-order valence-electron chi connectivity index (χ3n) is 2.88.